The van der Waals surface area contributed by atoms with Crippen LogP contribution < -0.4 is 22.1 Å². The number of carbonyl (C=O) groups excluding carboxylic acids is 6. The van der Waals surface area contributed by atoms with Gasteiger partial charge >= 0.3 is 24.2 Å². The monoisotopic (exact) mass is 893 g/mol. The Labute approximate surface area is 371 Å². The number of amides is 4. The maximum atomic E-state index is 15.5. The van der Waals surface area contributed by atoms with E-state index < -0.39 is 111 Å². The van der Waals surface area contributed by atoms with E-state index in [4.69, 9.17) is 31.8 Å². The number of hydrogen-bond donors (Lipinski definition) is 7. The van der Waals surface area contributed by atoms with Crippen LogP contribution in [-0.2, 0) is 57.9 Å². The molecule has 0 spiro atoms. The van der Waals surface area contributed by atoms with Crippen molar-refractivity contribution in [3.05, 3.63) is 108 Å². The molecule has 1 saturated heterocycles. The third-order valence-corrected chi connectivity index (χ3v) is 9.99. The quantitative estimate of drug-likeness (QED) is 0.0201. The summed E-state index contributed by atoms with van der Waals surface area (Å²) in [6.45, 7) is -0.582. The fourth-order valence-electron chi connectivity index (χ4n) is 6.78. The molecule has 0 radical (unpaired) electrons. The zero-order chi connectivity index (χ0) is 47.6. The smallest absolute Gasteiger partial charge is 0.421 e. The van der Waals surface area contributed by atoms with Gasteiger partial charge in [-0.25, -0.2) is 19.2 Å². The van der Waals surface area contributed by atoms with Crippen LogP contribution in [0.1, 0.15) is 57.1 Å². The molecule has 3 aromatic rings. The number of alkyl carbamates (subject to hydrolysis) is 1. The lowest BCUT2D eigenvalue weighted by Gasteiger charge is -2.41. The minimum atomic E-state index is -2.96. The molecule has 1 heterocycles. The topological polar surface area (TPSA) is 301 Å². The van der Waals surface area contributed by atoms with Gasteiger partial charge in [0, 0.05) is 19.5 Å². The van der Waals surface area contributed by atoms with E-state index in [2.05, 4.69) is 20.4 Å². The zero-order valence-electron chi connectivity index (χ0n) is 36.5. The summed E-state index contributed by atoms with van der Waals surface area (Å²) in [5, 5.41) is 37.5. The summed E-state index contributed by atoms with van der Waals surface area (Å²) in [5.74, 6) is -4.16. The first-order valence-corrected chi connectivity index (χ1v) is 20.4. The summed E-state index contributed by atoms with van der Waals surface area (Å²) in [5.41, 5.74) is 9.61. The van der Waals surface area contributed by atoms with Crippen LogP contribution in [0.2, 0.25) is 0 Å². The SMILES string of the molecule is [2H][C@@]1(C(=O)OC)C[C@@H](O)[C@@H](O)[C@@H]([C@H](O)CNC(=O)[C@@](CCC)(C(=O)[C@H](CCCN=C(N)N)NC(=O)OCc2ccccc2)N(C(=O)OCc2ccccc2)C(=O)OCc2ccccc2)O1. The molecule has 346 valence electrons. The number of esters is 1. The maximum absolute atomic E-state index is 15.5. The molecule has 3 aromatic carbocycles. The number of rotatable bonds is 21. The number of Topliss-reactive ketones (excluding diaryl/α,β-unsaturated/α-hetero) is 1. The first-order chi connectivity index (χ1) is 31.1. The molecule has 0 unspecified atom stereocenters. The van der Waals surface area contributed by atoms with Gasteiger partial charge in [0.2, 0.25) is 0 Å². The number of ketones is 1. The van der Waals surface area contributed by atoms with E-state index in [-0.39, 0.29) is 43.3 Å². The van der Waals surface area contributed by atoms with Crippen LogP contribution in [0.5, 0.6) is 0 Å². The van der Waals surface area contributed by atoms with Gasteiger partial charge in [0.25, 0.3) is 5.91 Å². The number of methoxy groups -OCH3 is 1. The van der Waals surface area contributed by atoms with E-state index in [1.165, 1.54) is 6.92 Å². The van der Waals surface area contributed by atoms with Crippen molar-refractivity contribution in [2.45, 2.75) is 101 Å². The highest BCUT2D eigenvalue weighted by Crippen LogP contribution is 2.31. The minimum absolute atomic E-state index is 0.00101. The fraction of sp³-hybridized carbons (Fsp3) is 0.432. The number of aliphatic imine (C=N–C) groups is 1. The Morgan fingerprint density at radius 3 is 1.88 bits per heavy atom. The molecule has 1 aliphatic heterocycles. The Morgan fingerprint density at radius 2 is 1.39 bits per heavy atom. The molecule has 20 nitrogen and oxygen atoms in total. The second kappa shape index (κ2) is 24.9. The summed E-state index contributed by atoms with van der Waals surface area (Å²) in [7, 11) is 0.961. The number of nitrogens with one attached hydrogen (secondary N) is 2. The van der Waals surface area contributed by atoms with Gasteiger partial charge < -0.3 is 61.1 Å². The summed E-state index contributed by atoms with van der Waals surface area (Å²) in [4.78, 5) is 89.6. The van der Waals surface area contributed by atoms with E-state index >= 15 is 9.59 Å². The second-order valence-electron chi connectivity index (χ2n) is 14.6. The van der Waals surface area contributed by atoms with Crippen LogP contribution in [0, 0.1) is 0 Å². The first-order valence-electron chi connectivity index (χ1n) is 20.9. The molecule has 4 amide bonds. The molecule has 1 fully saturated rings. The average molecular weight is 894 g/mol. The third kappa shape index (κ3) is 13.9. The largest absolute Gasteiger partial charge is 0.467 e. The number of ether oxygens (including phenoxy) is 5. The second-order valence-corrected chi connectivity index (χ2v) is 14.6. The Balaban J connectivity index is 1.82. The number of nitrogens with zero attached hydrogens (tertiary/aromatic N) is 2. The van der Waals surface area contributed by atoms with E-state index in [1.807, 2.05) is 0 Å². The lowest BCUT2D eigenvalue weighted by atomic mass is 9.81. The Hall–Kier alpha value is -6.61. The van der Waals surface area contributed by atoms with Crippen molar-refractivity contribution < 1.29 is 69.1 Å². The standard InChI is InChI=1S/C44H56N6O14/c1-3-21-44(39(56)48-24-33(52)36-35(53)32(51)23-34(64-36)38(55)60-2,37(54)31(20-13-22-47-40(45)46)49-41(57)61-25-28-14-7-4-8-15-28)50(42(58)62-26-29-16-9-5-10-17-29)43(59)63-27-30-18-11-6-12-19-30/h4-12,14-19,31-36,51-53H,3,13,20-27H2,1-2H3,(H,48,56)(H,49,57)(H4,45,46,47)/t31-,32+,33+,34-,35+,36+,44+/m0/s1/i34D. The van der Waals surface area contributed by atoms with E-state index in [0.29, 0.717) is 16.7 Å². The maximum Gasteiger partial charge on any atom is 0.421 e. The Kier molecular flexibility index (Phi) is 18.8. The Bertz CT molecular complexity index is 2030. The lowest BCUT2D eigenvalue weighted by molar-refractivity contribution is -0.210. The molecule has 0 bridgehead atoms. The number of hydrogen-bond acceptors (Lipinski definition) is 15. The van der Waals surface area contributed by atoms with Crippen molar-refractivity contribution in [2.75, 3.05) is 20.2 Å². The molecule has 20 heteroatoms. The predicted octanol–water partition coefficient (Wildman–Crippen LogP) is 1.95. The van der Waals surface area contributed by atoms with Crippen LogP contribution in [0.4, 0.5) is 14.4 Å². The summed E-state index contributed by atoms with van der Waals surface area (Å²) >= 11 is 0. The molecule has 9 N–H and O–H groups in total. The first kappa shape index (κ1) is 48.4. The predicted molar refractivity (Wildman–Crippen MR) is 228 cm³/mol. The van der Waals surface area contributed by atoms with Crippen molar-refractivity contribution >= 4 is 41.9 Å². The van der Waals surface area contributed by atoms with Crippen LogP contribution in [-0.4, -0.2) is 124 Å². The summed E-state index contributed by atoms with van der Waals surface area (Å²) < 4.78 is 35.1. The number of nitrogens with two attached hydrogens (primary N) is 2. The van der Waals surface area contributed by atoms with E-state index in [1.54, 1.807) is 91.0 Å². The van der Waals surface area contributed by atoms with Gasteiger partial charge in [0.05, 0.1) is 20.6 Å². The molecule has 4 rings (SSSR count). The van der Waals surface area contributed by atoms with Crippen molar-refractivity contribution in [3.63, 3.8) is 0 Å². The molecule has 0 aromatic heterocycles. The number of imide groups is 1. The number of aliphatic hydroxyl groups excluding tert-OH is 3. The number of carbonyl (C=O) groups is 6. The van der Waals surface area contributed by atoms with Crippen LogP contribution in [0.15, 0.2) is 96.0 Å². The van der Waals surface area contributed by atoms with Crippen molar-refractivity contribution in [3.8, 4) is 0 Å². The average Bonchev–Trinajstić information content (AvgIpc) is 3.30. The van der Waals surface area contributed by atoms with Gasteiger partial charge in [-0.2, -0.15) is 4.90 Å². The fourth-order valence-corrected chi connectivity index (χ4v) is 6.78. The molecule has 0 aliphatic carbocycles. The molecular weight excluding hydrogens is 837 g/mol. The van der Waals surface area contributed by atoms with Gasteiger partial charge in [0.15, 0.2) is 23.4 Å². The van der Waals surface area contributed by atoms with Gasteiger partial charge in [-0.15, -0.1) is 0 Å². The summed E-state index contributed by atoms with van der Waals surface area (Å²) in [6, 6.07) is 23.4. The highest BCUT2D eigenvalue weighted by molar-refractivity contribution is 6.17. The van der Waals surface area contributed by atoms with E-state index in [0.717, 1.165) is 7.11 Å². The minimum Gasteiger partial charge on any atom is -0.467 e. The highest BCUT2D eigenvalue weighted by Gasteiger charge is 2.58. The molecule has 0 saturated carbocycles. The lowest BCUT2D eigenvalue weighted by Crippen LogP contribution is -2.70. The normalized spacial score (nSPS) is 20.1. The molecule has 7 atom stereocenters. The van der Waals surface area contributed by atoms with Crippen LogP contribution >= 0.6 is 0 Å². The Morgan fingerprint density at radius 1 is 0.875 bits per heavy atom. The number of aliphatic hydroxyl groups is 3. The van der Waals surface area contributed by atoms with Crippen molar-refractivity contribution in [1.82, 2.24) is 15.5 Å². The molecule has 64 heavy (non-hydrogen) atoms. The molecule has 1 aliphatic rings. The van der Waals surface area contributed by atoms with Crippen molar-refractivity contribution in [2.24, 2.45) is 16.5 Å². The van der Waals surface area contributed by atoms with Gasteiger partial charge in [-0.3, -0.25) is 14.6 Å². The zero-order valence-corrected chi connectivity index (χ0v) is 35.5. The van der Waals surface area contributed by atoms with Gasteiger partial charge in [0.1, 0.15) is 38.1 Å². The number of guanidine groups is 1. The highest BCUT2D eigenvalue weighted by atomic mass is 16.6. The van der Waals surface area contributed by atoms with Gasteiger partial charge in [-0.05, 0) is 36.0 Å². The van der Waals surface area contributed by atoms with Crippen LogP contribution in [0.25, 0.3) is 0 Å². The van der Waals surface area contributed by atoms with Crippen molar-refractivity contribution in [1.29, 1.82) is 0 Å². The van der Waals surface area contributed by atoms with Crippen LogP contribution in [0.3, 0.4) is 0 Å². The summed E-state index contributed by atoms with van der Waals surface area (Å²) in [6.07, 6.45) is -16.1. The van der Waals surface area contributed by atoms with E-state index in [9.17, 15) is 34.5 Å². The molecular formula is C44H56N6O14. The third-order valence-electron chi connectivity index (χ3n) is 9.99. The van der Waals surface area contributed by atoms with Gasteiger partial charge in [-0.1, -0.05) is 104 Å². The number of benzene rings is 3.